The van der Waals surface area contributed by atoms with Crippen LogP contribution in [0.1, 0.15) is 51.9 Å². The molecule has 0 radical (unpaired) electrons. The molecule has 0 aromatic heterocycles. The van der Waals surface area contributed by atoms with E-state index in [1.807, 2.05) is 0 Å². The second kappa shape index (κ2) is 9.49. The van der Waals surface area contributed by atoms with Crippen LogP contribution in [-0.4, -0.2) is 18.4 Å². The van der Waals surface area contributed by atoms with Crippen LogP contribution in [0.3, 0.4) is 0 Å². The first kappa shape index (κ1) is 13.9. The summed E-state index contributed by atoms with van der Waals surface area (Å²) in [6.45, 7) is 2.90. The topological polar surface area (TPSA) is 72.2 Å². The van der Waals surface area contributed by atoms with Gasteiger partial charge in [-0.2, -0.15) is 0 Å². The minimum Gasteiger partial charge on any atom is -0.370 e. The summed E-state index contributed by atoms with van der Waals surface area (Å²) < 4.78 is 0. The summed E-state index contributed by atoms with van der Waals surface area (Å²) in [5, 5.41) is 2.82. The van der Waals surface area contributed by atoms with Crippen molar-refractivity contribution in [1.29, 1.82) is 0 Å². The van der Waals surface area contributed by atoms with Crippen LogP contribution in [0.15, 0.2) is 0 Å². The van der Waals surface area contributed by atoms with Crippen LogP contribution in [0.5, 0.6) is 0 Å². The SMILES string of the molecule is CCCCCCNC(=O)CCCC(N)=O. The number of amides is 2. The highest BCUT2D eigenvalue weighted by Gasteiger charge is 2.01. The van der Waals surface area contributed by atoms with E-state index >= 15 is 0 Å². The Bertz CT molecular complexity index is 193. The van der Waals surface area contributed by atoms with Gasteiger partial charge in [0.1, 0.15) is 0 Å². The first-order chi connectivity index (χ1) is 7.16. The lowest BCUT2D eigenvalue weighted by Gasteiger charge is -2.03. The van der Waals surface area contributed by atoms with Gasteiger partial charge < -0.3 is 11.1 Å². The number of carbonyl (C=O) groups excluding carboxylic acids is 2. The molecular weight excluding hydrogens is 192 g/mol. The van der Waals surface area contributed by atoms with Gasteiger partial charge in [-0.15, -0.1) is 0 Å². The third kappa shape index (κ3) is 10.9. The zero-order valence-electron chi connectivity index (χ0n) is 9.55. The van der Waals surface area contributed by atoms with E-state index in [0.717, 1.165) is 19.4 Å². The number of nitrogens with two attached hydrogens (primary N) is 1. The molecule has 0 aliphatic carbocycles. The average Bonchev–Trinajstić information content (AvgIpc) is 2.17. The van der Waals surface area contributed by atoms with Crippen LogP contribution in [0, 0.1) is 0 Å². The zero-order chi connectivity index (χ0) is 11.5. The van der Waals surface area contributed by atoms with E-state index in [1.165, 1.54) is 12.8 Å². The van der Waals surface area contributed by atoms with E-state index < -0.39 is 0 Å². The van der Waals surface area contributed by atoms with Crippen molar-refractivity contribution in [3.63, 3.8) is 0 Å². The lowest BCUT2D eigenvalue weighted by Crippen LogP contribution is -2.24. The predicted octanol–water partition coefficient (Wildman–Crippen LogP) is 1.34. The zero-order valence-corrected chi connectivity index (χ0v) is 9.55. The molecule has 0 unspecified atom stereocenters. The largest absolute Gasteiger partial charge is 0.370 e. The number of primary amides is 1. The summed E-state index contributed by atoms with van der Waals surface area (Å²) in [5.74, 6) is -0.321. The Hall–Kier alpha value is -1.06. The second-order valence-corrected chi connectivity index (χ2v) is 3.73. The van der Waals surface area contributed by atoms with Gasteiger partial charge in [-0.1, -0.05) is 26.2 Å². The van der Waals surface area contributed by atoms with Gasteiger partial charge in [0.2, 0.25) is 11.8 Å². The first-order valence-electron chi connectivity index (χ1n) is 5.71. The first-order valence-corrected chi connectivity index (χ1v) is 5.71. The number of unbranched alkanes of at least 4 members (excludes halogenated alkanes) is 3. The summed E-state index contributed by atoms with van der Waals surface area (Å²) in [5.41, 5.74) is 4.96. The monoisotopic (exact) mass is 214 g/mol. The number of rotatable bonds is 9. The molecule has 0 rings (SSSR count). The van der Waals surface area contributed by atoms with Crippen molar-refractivity contribution in [2.45, 2.75) is 51.9 Å². The molecule has 0 aromatic rings. The lowest BCUT2D eigenvalue weighted by molar-refractivity contribution is -0.121. The van der Waals surface area contributed by atoms with Crippen molar-refractivity contribution in [2.24, 2.45) is 5.73 Å². The van der Waals surface area contributed by atoms with E-state index in [9.17, 15) is 9.59 Å². The Morgan fingerprint density at radius 2 is 1.80 bits per heavy atom. The molecule has 0 atom stereocenters. The summed E-state index contributed by atoms with van der Waals surface area (Å²) in [6.07, 6.45) is 5.87. The standard InChI is InChI=1S/C11H22N2O2/c1-2-3-4-5-9-13-11(15)8-6-7-10(12)14/h2-9H2,1H3,(H2,12,14)(H,13,15). The van der Waals surface area contributed by atoms with Gasteiger partial charge in [0.05, 0.1) is 0 Å². The van der Waals surface area contributed by atoms with E-state index in [-0.39, 0.29) is 11.8 Å². The third-order valence-corrected chi connectivity index (χ3v) is 2.18. The van der Waals surface area contributed by atoms with E-state index in [4.69, 9.17) is 5.73 Å². The average molecular weight is 214 g/mol. The fourth-order valence-electron chi connectivity index (χ4n) is 1.29. The maximum atomic E-state index is 11.2. The Balaban J connectivity index is 3.22. The maximum Gasteiger partial charge on any atom is 0.220 e. The Morgan fingerprint density at radius 1 is 1.07 bits per heavy atom. The summed E-state index contributed by atoms with van der Waals surface area (Å²) in [4.78, 5) is 21.6. The van der Waals surface area contributed by atoms with Crippen molar-refractivity contribution in [1.82, 2.24) is 5.32 Å². The molecule has 88 valence electrons. The molecular formula is C11H22N2O2. The molecule has 0 saturated heterocycles. The normalized spacial score (nSPS) is 9.93. The maximum absolute atomic E-state index is 11.2. The molecule has 0 aromatic carbocycles. The fraction of sp³-hybridized carbons (Fsp3) is 0.818. The van der Waals surface area contributed by atoms with Crippen molar-refractivity contribution >= 4 is 11.8 Å². The molecule has 0 spiro atoms. The predicted molar refractivity (Wildman–Crippen MR) is 60.2 cm³/mol. The molecule has 0 fully saturated rings. The van der Waals surface area contributed by atoms with E-state index in [0.29, 0.717) is 19.3 Å². The summed E-state index contributed by atoms with van der Waals surface area (Å²) >= 11 is 0. The Morgan fingerprint density at radius 3 is 2.40 bits per heavy atom. The fourth-order valence-corrected chi connectivity index (χ4v) is 1.29. The minimum absolute atomic E-state index is 0.0211. The number of hydrogen-bond donors (Lipinski definition) is 2. The van der Waals surface area contributed by atoms with Gasteiger partial charge in [-0.25, -0.2) is 0 Å². The molecule has 0 aliphatic heterocycles. The molecule has 2 amide bonds. The van der Waals surface area contributed by atoms with Gasteiger partial charge in [-0.05, 0) is 12.8 Å². The van der Waals surface area contributed by atoms with Crippen LogP contribution >= 0.6 is 0 Å². The number of hydrogen-bond acceptors (Lipinski definition) is 2. The number of nitrogens with one attached hydrogen (secondary N) is 1. The van der Waals surface area contributed by atoms with Crippen LogP contribution in [0.4, 0.5) is 0 Å². The molecule has 3 N–H and O–H groups in total. The van der Waals surface area contributed by atoms with Crippen molar-refractivity contribution < 1.29 is 9.59 Å². The van der Waals surface area contributed by atoms with E-state index in [2.05, 4.69) is 12.2 Å². The molecule has 0 bridgehead atoms. The molecule has 15 heavy (non-hydrogen) atoms. The quantitative estimate of drug-likeness (QED) is 0.568. The molecule has 4 nitrogen and oxygen atoms in total. The van der Waals surface area contributed by atoms with Crippen molar-refractivity contribution in [3.8, 4) is 0 Å². The van der Waals surface area contributed by atoms with Crippen molar-refractivity contribution in [2.75, 3.05) is 6.54 Å². The summed E-state index contributed by atoms with van der Waals surface area (Å²) in [7, 11) is 0. The van der Waals surface area contributed by atoms with Crippen LogP contribution in [0.25, 0.3) is 0 Å². The van der Waals surface area contributed by atoms with Crippen LogP contribution in [-0.2, 0) is 9.59 Å². The molecule has 0 aliphatic rings. The Kier molecular flexibility index (Phi) is 8.82. The highest BCUT2D eigenvalue weighted by Crippen LogP contribution is 1.98. The van der Waals surface area contributed by atoms with Crippen molar-refractivity contribution in [3.05, 3.63) is 0 Å². The molecule has 0 saturated carbocycles. The minimum atomic E-state index is -0.342. The second-order valence-electron chi connectivity index (χ2n) is 3.73. The van der Waals surface area contributed by atoms with Gasteiger partial charge >= 0.3 is 0 Å². The lowest BCUT2D eigenvalue weighted by atomic mass is 10.2. The van der Waals surface area contributed by atoms with Gasteiger partial charge in [0.25, 0.3) is 0 Å². The highest BCUT2D eigenvalue weighted by atomic mass is 16.2. The van der Waals surface area contributed by atoms with Gasteiger partial charge in [-0.3, -0.25) is 9.59 Å². The van der Waals surface area contributed by atoms with Crippen LogP contribution < -0.4 is 11.1 Å². The third-order valence-electron chi connectivity index (χ3n) is 2.18. The summed E-state index contributed by atoms with van der Waals surface area (Å²) in [6, 6.07) is 0. The van der Waals surface area contributed by atoms with E-state index in [1.54, 1.807) is 0 Å². The van der Waals surface area contributed by atoms with Crippen LogP contribution in [0.2, 0.25) is 0 Å². The molecule has 4 heteroatoms. The van der Waals surface area contributed by atoms with Gasteiger partial charge in [0.15, 0.2) is 0 Å². The highest BCUT2D eigenvalue weighted by molar-refractivity contribution is 5.77. The number of carbonyl (C=O) groups is 2. The molecule has 0 heterocycles. The Labute approximate surface area is 91.6 Å². The smallest absolute Gasteiger partial charge is 0.220 e. The van der Waals surface area contributed by atoms with Gasteiger partial charge in [0, 0.05) is 19.4 Å².